The van der Waals surface area contributed by atoms with Crippen molar-refractivity contribution >= 4 is 47.1 Å². The largest absolute Gasteiger partial charge is 0.378 e. The lowest BCUT2D eigenvalue weighted by Crippen LogP contribution is -2.36. The highest BCUT2D eigenvalue weighted by atomic mass is 32.2. The molecule has 1 heterocycles. The van der Waals surface area contributed by atoms with Crippen molar-refractivity contribution in [2.45, 2.75) is 0 Å². The SMILES string of the molecule is CS/C(=C\c1ccccc1N1CCOCC1)C(=O)NC=S. The molecule has 1 aliphatic heterocycles. The number of carbonyl (C=O) groups is 1. The normalized spacial score (nSPS) is 15.7. The van der Waals surface area contributed by atoms with Gasteiger partial charge < -0.3 is 15.0 Å². The molecular formula is C15H18N2O2S2. The fraction of sp³-hybridized carbons (Fsp3) is 0.333. The first-order chi connectivity index (χ1) is 10.3. The molecule has 112 valence electrons. The van der Waals surface area contributed by atoms with Gasteiger partial charge in [-0.15, -0.1) is 11.8 Å². The van der Waals surface area contributed by atoms with Crippen molar-refractivity contribution in [1.82, 2.24) is 5.32 Å². The van der Waals surface area contributed by atoms with E-state index in [9.17, 15) is 4.79 Å². The zero-order chi connectivity index (χ0) is 15.1. The van der Waals surface area contributed by atoms with Gasteiger partial charge in [0.05, 0.1) is 23.6 Å². The van der Waals surface area contributed by atoms with E-state index < -0.39 is 0 Å². The summed E-state index contributed by atoms with van der Waals surface area (Å²) in [6.07, 6.45) is 3.79. The maximum Gasteiger partial charge on any atom is 0.262 e. The fourth-order valence-corrected chi connectivity index (χ4v) is 2.78. The molecule has 0 bridgehead atoms. The van der Waals surface area contributed by atoms with Gasteiger partial charge in [0.25, 0.3) is 5.91 Å². The summed E-state index contributed by atoms with van der Waals surface area (Å²) in [6, 6.07) is 8.08. The Morgan fingerprint density at radius 1 is 1.38 bits per heavy atom. The van der Waals surface area contributed by atoms with Crippen LogP contribution in [0.1, 0.15) is 5.56 Å². The summed E-state index contributed by atoms with van der Waals surface area (Å²) >= 11 is 6.08. The predicted molar refractivity (Wildman–Crippen MR) is 92.8 cm³/mol. The van der Waals surface area contributed by atoms with Gasteiger partial charge in [0.1, 0.15) is 0 Å². The molecule has 1 fully saturated rings. The molecule has 0 radical (unpaired) electrons. The summed E-state index contributed by atoms with van der Waals surface area (Å²) in [6.45, 7) is 3.20. The first-order valence-electron chi connectivity index (χ1n) is 6.68. The van der Waals surface area contributed by atoms with Gasteiger partial charge in [0.2, 0.25) is 0 Å². The van der Waals surface area contributed by atoms with Crippen LogP contribution in [0.15, 0.2) is 29.2 Å². The van der Waals surface area contributed by atoms with E-state index in [1.807, 2.05) is 30.5 Å². The zero-order valence-electron chi connectivity index (χ0n) is 11.9. The molecule has 1 aromatic rings. The highest BCUT2D eigenvalue weighted by Gasteiger charge is 2.15. The molecule has 1 amide bonds. The summed E-state index contributed by atoms with van der Waals surface area (Å²) < 4.78 is 5.39. The van der Waals surface area contributed by atoms with E-state index in [1.165, 1.54) is 17.3 Å². The van der Waals surface area contributed by atoms with E-state index in [0.717, 1.165) is 37.6 Å². The highest BCUT2D eigenvalue weighted by Crippen LogP contribution is 2.26. The van der Waals surface area contributed by atoms with Crippen LogP contribution in [0.4, 0.5) is 5.69 Å². The Morgan fingerprint density at radius 3 is 2.76 bits per heavy atom. The Hall–Kier alpha value is -1.37. The number of benzene rings is 1. The third kappa shape index (κ3) is 4.30. The van der Waals surface area contributed by atoms with Gasteiger partial charge in [0.15, 0.2) is 0 Å². The number of amides is 1. The van der Waals surface area contributed by atoms with Crippen LogP contribution >= 0.6 is 24.0 Å². The van der Waals surface area contributed by atoms with E-state index in [2.05, 4.69) is 28.5 Å². The number of thioether (sulfide) groups is 1. The summed E-state index contributed by atoms with van der Waals surface area (Å²) in [4.78, 5) is 14.9. The van der Waals surface area contributed by atoms with E-state index in [1.54, 1.807) is 0 Å². The smallest absolute Gasteiger partial charge is 0.262 e. The third-order valence-electron chi connectivity index (χ3n) is 3.21. The molecule has 6 heteroatoms. The third-order valence-corrected chi connectivity index (χ3v) is 4.07. The maximum atomic E-state index is 11.9. The number of rotatable bonds is 5. The lowest BCUT2D eigenvalue weighted by Gasteiger charge is -2.30. The molecule has 4 nitrogen and oxygen atoms in total. The summed E-state index contributed by atoms with van der Waals surface area (Å²) in [7, 11) is 0. The van der Waals surface area contributed by atoms with Crippen LogP contribution in [-0.2, 0) is 9.53 Å². The number of thiocarbonyl (C=S) groups is 1. The van der Waals surface area contributed by atoms with Gasteiger partial charge in [-0.05, 0) is 24.0 Å². The predicted octanol–water partition coefficient (Wildman–Crippen LogP) is 2.30. The Balaban J connectivity index is 2.29. The summed E-state index contributed by atoms with van der Waals surface area (Å²) in [5, 5.41) is 2.54. The van der Waals surface area contributed by atoms with Crippen LogP contribution in [0.3, 0.4) is 0 Å². The minimum absolute atomic E-state index is 0.172. The minimum atomic E-state index is -0.172. The molecule has 2 rings (SSSR count). The first-order valence-corrected chi connectivity index (χ1v) is 8.38. The first kappa shape index (κ1) is 16.0. The quantitative estimate of drug-likeness (QED) is 0.665. The van der Waals surface area contributed by atoms with E-state index in [4.69, 9.17) is 4.74 Å². The second kappa shape index (κ2) is 8.17. The molecule has 0 aliphatic carbocycles. The number of ether oxygens (including phenoxy) is 1. The monoisotopic (exact) mass is 322 g/mol. The molecular weight excluding hydrogens is 304 g/mol. The zero-order valence-corrected chi connectivity index (χ0v) is 13.5. The van der Waals surface area contributed by atoms with Crippen LogP contribution in [0.5, 0.6) is 0 Å². The molecule has 1 aromatic carbocycles. The number of carbonyl (C=O) groups excluding carboxylic acids is 1. The van der Waals surface area contributed by atoms with Gasteiger partial charge in [-0.2, -0.15) is 0 Å². The lowest BCUT2D eigenvalue weighted by atomic mass is 10.1. The lowest BCUT2D eigenvalue weighted by molar-refractivity contribution is -0.115. The van der Waals surface area contributed by atoms with Crippen molar-refractivity contribution in [1.29, 1.82) is 0 Å². The van der Waals surface area contributed by atoms with Crippen LogP contribution in [0.2, 0.25) is 0 Å². The molecule has 1 saturated heterocycles. The molecule has 0 atom stereocenters. The van der Waals surface area contributed by atoms with Crippen LogP contribution < -0.4 is 10.2 Å². The van der Waals surface area contributed by atoms with Crippen molar-refractivity contribution in [3.63, 3.8) is 0 Å². The number of hydrogen-bond donors (Lipinski definition) is 1. The van der Waals surface area contributed by atoms with Crippen molar-refractivity contribution < 1.29 is 9.53 Å². The van der Waals surface area contributed by atoms with Gasteiger partial charge in [-0.1, -0.05) is 30.4 Å². The minimum Gasteiger partial charge on any atom is -0.378 e. The number of nitrogens with one attached hydrogen (secondary N) is 1. The van der Waals surface area contributed by atoms with Crippen LogP contribution in [-0.4, -0.2) is 44.0 Å². The summed E-state index contributed by atoms with van der Waals surface area (Å²) in [5.41, 5.74) is 3.39. The topological polar surface area (TPSA) is 41.6 Å². The van der Waals surface area contributed by atoms with Gasteiger partial charge >= 0.3 is 0 Å². The van der Waals surface area contributed by atoms with Gasteiger partial charge in [-0.3, -0.25) is 4.79 Å². The van der Waals surface area contributed by atoms with Crippen LogP contribution in [0.25, 0.3) is 6.08 Å². The molecule has 0 spiro atoms. The second-order valence-electron chi connectivity index (χ2n) is 4.46. The molecule has 0 aromatic heterocycles. The molecule has 21 heavy (non-hydrogen) atoms. The number of nitrogens with zero attached hydrogens (tertiary/aromatic N) is 1. The molecule has 1 aliphatic rings. The highest BCUT2D eigenvalue weighted by molar-refractivity contribution is 8.03. The fourth-order valence-electron chi connectivity index (χ4n) is 2.18. The standard InChI is InChI=1S/C15H18N2O2S2/c1-21-14(15(18)16-11-20)10-12-4-2-3-5-13(12)17-6-8-19-9-7-17/h2-5,10-11H,6-9H2,1H3,(H,16,18,20)/b14-10-. The number of anilines is 1. The number of hydrogen-bond acceptors (Lipinski definition) is 5. The Morgan fingerprint density at radius 2 is 2.10 bits per heavy atom. The maximum absolute atomic E-state index is 11.9. The molecule has 1 N–H and O–H groups in total. The Labute approximate surface area is 134 Å². The average molecular weight is 322 g/mol. The van der Waals surface area contributed by atoms with E-state index >= 15 is 0 Å². The van der Waals surface area contributed by atoms with Crippen molar-refractivity contribution in [2.24, 2.45) is 0 Å². The van der Waals surface area contributed by atoms with Crippen molar-refractivity contribution in [3.05, 3.63) is 34.7 Å². The van der Waals surface area contributed by atoms with Crippen molar-refractivity contribution in [2.75, 3.05) is 37.5 Å². The number of morpholine rings is 1. The number of para-hydroxylation sites is 1. The Bertz CT molecular complexity index is 540. The van der Waals surface area contributed by atoms with E-state index in [-0.39, 0.29) is 5.91 Å². The van der Waals surface area contributed by atoms with E-state index in [0.29, 0.717) is 4.91 Å². The van der Waals surface area contributed by atoms with Crippen molar-refractivity contribution in [3.8, 4) is 0 Å². The van der Waals surface area contributed by atoms with Crippen LogP contribution in [0, 0.1) is 0 Å². The average Bonchev–Trinajstić information content (AvgIpc) is 2.54. The molecule has 0 saturated carbocycles. The second-order valence-corrected chi connectivity index (χ2v) is 5.55. The molecule has 0 unspecified atom stereocenters. The van der Waals surface area contributed by atoms with Gasteiger partial charge in [0, 0.05) is 18.8 Å². The summed E-state index contributed by atoms with van der Waals surface area (Å²) in [5.74, 6) is -0.172. The van der Waals surface area contributed by atoms with Gasteiger partial charge in [-0.25, -0.2) is 0 Å². The Kier molecular flexibility index (Phi) is 6.22.